The molecular formula is C23H21Cl3F2N2O2. The number of carbonyl (C=O) groups is 2. The van der Waals surface area contributed by atoms with E-state index in [1.165, 1.54) is 25.1 Å². The Morgan fingerprint density at radius 1 is 1.12 bits per heavy atom. The van der Waals surface area contributed by atoms with Gasteiger partial charge in [0.15, 0.2) is 0 Å². The van der Waals surface area contributed by atoms with Crippen molar-refractivity contribution in [3.05, 3.63) is 63.9 Å². The number of rotatable bonds is 5. The summed E-state index contributed by atoms with van der Waals surface area (Å²) in [5.41, 5.74) is 0.355. The van der Waals surface area contributed by atoms with Crippen LogP contribution in [-0.2, 0) is 4.79 Å². The largest absolute Gasteiger partial charge is 0.349 e. The second kappa shape index (κ2) is 8.15. The molecule has 2 aliphatic carbocycles. The predicted molar refractivity (Wildman–Crippen MR) is 122 cm³/mol. The topological polar surface area (TPSA) is 58.2 Å². The molecule has 0 saturated heterocycles. The molecule has 2 aliphatic rings. The third-order valence-electron chi connectivity index (χ3n) is 6.03. The lowest BCUT2D eigenvalue weighted by Gasteiger charge is -2.39. The third-order valence-corrected chi connectivity index (χ3v) is 7.30. The van der Waals surface area contributed by atoms with Crippen molar-refractivity contribution in [2.45, 2.75) is 48.7 Å². The summed E-state index contributed by atoms with van der Waals surface area (Å²) in [6.07, 6.45) is 0.485. The molecular weight excluding hydrogens is 481 g/mol. The van der Waals surface area contributed by atoms with Crippen molar-refractivity contribution in [1.29, 1.82) is 0 Å². The lowest BCUT2D eigenvalue weighted by Crippen LogP contribution is -2.51. The van der Waals surface area contributed by atoms with Gasteiger partial charge in [0.1, 0.15) is 15.8 Å². The van der Waals surface area contributed by atoms with E-state index in [-0.39, 0.29) is 35.3 Å². The Hall–Kier alpha value is -1.89. The normalized spacial score (nSPS) is 27.9. The summed E-state index contributed by atoms with van der Waals surface area (Å²) < 4.78 is 25.9. The van der Waals surface area contributed by atoms with Gasteiger partial charge in [-0.1, -0.05) is 23.7 Å². The van der Waals surface area contributed by atoms with E-state index in [0.29, 0.717) is 16.8 Å². The van der Waals surface area contributed by atoms with Crippen molar-refractivity contribution in [3.8, 4) is 0 Å². The molecule has 4 nitrogen and oxygen atoms in total. The minimum atomic E-state index is -1.33. The molecule has 2 unspecified atom stereocenters. The highest BCUT2D eigenvalue weighted by molar-refractivity contribution is 6.53. The van der Waals surface area contributed by atoms with Gasteiger partial charge >= 0.3 is 0 Å². The number of hydrogen-bond acceptors (Lipinski definition) is 2. The van der Waals surface area contributed by atoms with Gasteiger partial charge in [-0.05, 0) is 49.2 Å². The Bertz CT molecular complexity index is 1100. The molecule has 170 valence electrons. The van der Waals surface area contributed by atoms with Crippen LogP contribution < -0.4 is 10.6 Å². The summed E-state index contributed by atoms with van der Waals surface area (Å²) in [6, 6.07) is 8.75. The first kappa shape index (κ1) is 23.3. The fraction of sp³-hybridized carbons (Fsp3) is 0.391. The van der Waals surface area contributed by atoms with Gasteiger partial charge in [0.25, 0.3) is 5.91 Å². The highest BCUT2D eigenvalue weighted by Crippen LogP contribution is 2.65. The Labute approximate surface area is 199 Å². The second-order valence-corrected chi connectivity index (χ2v) is 10.7. The molecule has 2 fully saturated rings. The van der Waals surface area contributed by atoms with Crippen LogP contribution in [0.5, 0.6) is 0 Å². The van der Waals surface area contributed by atoms with Crippen LogP contribution in [0.15, 0.2) is 36.4 Å². The molecule has 0 aliphatic heterocycles. The minimum absolute atomic E-state index is 0.168. The van der Waals surface area contributed by atoms with Gasteiger partial charge in [-0.2, -0.15) is 0 Å². The first-order chi connectivity index (χ1) is 14.9. The van der Waals surface area contributed by atoms with Gasteiger partial charge in [0, 0.05) is 30.5 Å². The Morgan fingerprint density at radius 2 is 1.81 bits per heavy atom. The molecule has 2 aromatic rings. The number of alkyl halides is 3. The number of aryl methyl sites for hydroxylation is 1. The number of carbonyl (C=O) groups excluding carboxylic acids is 2. The van der Waals surface area contributed by atoms with Crippen LogP contribution in [0.4, 0.5) is 14.5 Å². The lowest BCUT2D eigenvalue weighted by molar-refractivity contribution is -0.117. The maximum atomic E-state index is 13.7. The summed E-state index contributed by atoms with van der Waals surface area (Å²) >= 11 is 18.9. The zero-order chi connectivity index (χ0) is 23.4. The van der Waals surface area contributed by atoms with E-state index in [9.17, 15) is 18.4 Å². The zero-order valence-corrected chi connectivity index (χ0v) is 19.6. The summed E-state index contributed by atoms with van der Waals surface area (Å²) in [5.74, 6) is -2.46. The van der Waals surface area contributed by atoms with E-state index in [1.54, 1.807) is 25.1 Å². The Balaban J connectivity index is 1.46. The summed E-state index contributed by atoms with van der Waals surface area (Å²) in [5, 5.41) is 5.68. The molecule has 2 aromatic carbocycles. The van der Waals surface area contributed by atoms with E-state index in [4.69, 9.17) is 34.8 Å². The molecule has 0 spiro atoms. The highest BCUT2D eigenvalue weighted by Gasteiger charge is 2.67. The molecule has 0 aromatic heterocycles. The second-order valence-electron chi connectivity index (χ2n) is 8.81. The fourth-order valence-electron chi connectivity index (χ4n) is 4.26. The number of anilines is 1. The first-order valence-electron chi connectivity index (χ1n) is 10.1. The molecule has 4 rings (SSSR count). The molecule has 2 atom stereocenters. The standard InChI is InChI=1S/C23H21Cl3F2N2O2/c1-11-7-12(3-6-17(11)27)18-19(23(18,25)26)21(32)29-13-4-5-16(24)15(8-13)20(31)30-14-9-22(2,28)10-14/h3-8,14,18-19H,9-10H2,1-2H3,(H,29,32)(H,30,31). The van der Waals surface area contributed by atoms with Crippen molar-refractivity contribution in [2.24, 2.45) is 5.92 Å². The van der Waals surface area contributed by atoms with Crippen LogP contribution >= 0.6 is 34.8 Å². The van der Waals surface area contributed by atoms with Crippen LogP contribution in [0.1, 0.15) is 47.2 Å². The minimum Gasteiger partial charge on any atom is -0.349 e. The third kappa shape index (κ3) is 4.45. The summed E-state index contributed by atoms with van der Waals surface area (Å²) in [4.78, 5) is 25.4. The first-order valence-corrected chi connectivity index (χ1v) is 11.3. The van der Waals surface area contributed by atoms with Gasteiger partial charge in [-0.15, -0.1) is 23.2 Å². The average molecular weight is 502 g/mol. The molecule has 0 radical (unpaired) electrons. The predicted octanol–water partition coefficient (Wildman–Crippen LogP) is 5.93. The van der Waals surface area contributed by atoms with Crippen molar-refractivity contribution in [3.63, 3.8) is 0 Å². The van der Waals surface area contributed by atoms with Crippen LogP contribution in [0.2, 0.25) is 5.02 Å². The Morgan fingerprint density at radius 3 is 2.44 bits per heavy atom. The van der Waals surface area contributed by atoms with Crippen LogP contribution in [-0.4, -0.2) is 27.9 Å². The van der Waals surface area contributed by atoms with E-state index < -0.39 is 33.7 Å². The molecule has 2 N–H and O–H groups in total. The molecule has 0 bridgehead atoms. The Kier molecular flexibility index (Phi) is 5.93. The number of benzene rings is 2. The number of nitrogens with one attached hydrogen (secondary N) is 2. The number of halogens is 5. The van der Waals surface area contributed by atoms with Crippen molar-refractivity contribution in [2.75, 3.05) is 5.32 Å². The smallest absolute Gasteiger partial charge is 0.253 e. The highest BCUT2D eigenvalue weighted by atomic mass is 35.5. The van der Waals surface area contributed by atoms with Gasteiger partial charge < -0.3 is 10.6 Å². The fourth-order valence-corrected chi connectivity index (χ4v) is 5.29. The summed E-state index contributed by atoms with van der Waals surface area (Å²) in [7, 11) is 0. The quantitative estimate of drug-likeness (QED) is 0.499. The van der Waals surface area contributed by atoms with Crippen molar-refractivity contribution in [1.82, 2.24) is 5.32 Å². The number of amides is 2. The molecule has 9 heteroatoms. The molecule has 32 heavy (non-hydrogen) atoms. The van der Waals surface area contributed by atoms with Crippen molar-refractivity contribution >= 4 is 52.3 Å². The van der Waals surface area contributed by atoms with Crippen LogP contribution in [0, 0.1) is 18.7 Å². The van der Waals surface area contributed by atoms with Gasteiger partial charge in [0.05, 0.1) is 16.5 Å². The van der Waals surface area contributed by atoms with Crippen LogP contribution in [0.3, 0.4) is 0 Å². The van der Waals surface area contributed by atoms with Crippen molar-refractivity contribution < 1.29 is 18.4 Å². The van der Waals surface area contributed by atoms with Gasteiger partial charge in [0.2, 0.25) is 5.91 Å². The zero-order valence-electron chi connectivity index (χ0n) is 17.3. The van der Waals surface area contributed by atoms with Crippen LogP contribution in [0.25, 0.3) is 0 Å². The monoisotopic (exact) mass is 500 g/mol. The van der Waals surface area contributed by atoms with Gasteiger partial charge in [-0.3, -0.25) is 9.59 Å². The van der Waals surface area contributed by atoms with E-state index in [2.05, 4.69) is 10.6 Å². The van der Waals surface area contributed by atoms with E-state index >= 15 is 0 Å². The number of hydrogen-bond donors (Lipinski definition) is 2. The SMILES string of the molecule is Cc1cc(C2C(C(=O)Nc3ccc(Cl)c(C(=O)NC4CC(C)(F)C4)c3)C2(Cl)Cl)ccc1F. The summed E-state index contributed by atoms with van der Waals surface area (Å²) in [6.45, 7) is 3.11. The average Bonchev–Trinajstić information content (AvgIpc) is 3.26. The maximum Gasteiger partial charge on any atom is 0.253 e. The van der Waals surface area contributed by atoms with E-state index in [1.807, 2.05) is 0 Å². The molecule has 2 saturated carbocycles. The molecule has 2 amide bonds. The van der Waals surface area contributed by atoms with Gasteiger partial charge in [-0.25, -0.2) is 8.78 Å². The van der Waals surface area contributed by atoms with E-state index in [0.717, 1.165) is 0 Å². The molecule has 0 heterocycles. The maximum absolute atomic E-state index is 13.7. The lowest BCUT2D eigenvalue weighted by atomic mass is 9.79.